The van der Waals surface area contributed by atoms with Crippen molar-refractivity contribution < 1.29 is 35.7 Å². The average molecular weight is 297 g/mol. The molecule has 0 radical (unpaired) electrons. The van der Waals surface area contributed by atoms with E-state index in [1.807, 2.05) is 0 Å². The Morgan fingerprint density at radius 3 is 1.56 bits per heavy atom. The van der Waals surface area contributed by atoms with Crippen LogP contribution in [0, 0.1) is 0 Å². The van der Waals surface area contributed by atoms with Crippen molar-refractivity contribution in [1.29, 1.82) is 0 Å². The molecule has 0 heterocycles. The van der Waals surface area contributed by atoms with Crippen LogP contribution in [0.3, 0.4) is 0 Å². The topological polar surface area (TPSA) is 37.3 Å². The molecule has 0 fully saturated rings. The third kappa shape index (κ3) is 61.2. The van der Waals surface area contributed by atoms with Crippen LogP contribution in [0.5, 0.6) is 0 Å². The standard InChI is InChI=1S/C5H12.CH2O2.Hf/c1-3-5-4-2;2-1-3;/h3-5H2,1-2H3;1H,(H,2,3);. The van der Waals surface area contributed by atoms with Gasteiger partial charge in [0.05, 0.1) is 0 Å². The first-order valence-corrected chi connectivity index (χ1v) is 2.91. The van der Waals surface area contributed by atoms with E-state index < -0.39 is 0 Å². The van der Waals surface area contributed by atoms with E-state index in [0.29, 0.717) is 0 Å². The zero-order chi connectivity index (χ0) is 6.83. The molecular weight excluding hydrogens is 283 g/mol. The van der Waals surface area contributed by atoms with E-state index in [0.717, 1.165) is 0 Å². The molecule has 0 aromatic heterocycles. The first-order chi connectivity index (χ1) is 3.83. The Morgan fingerprint density at radius 2 is 1.56 bits per heavy atom. The van der Waals surface area contributed by atoms with Crippen molar-refractivity contribution in [2.45, 2.75) is 33.1 Å². The second-order valence-electron chi connectivity index (χ2n) is 1.46. The van der Waals surface area contributed by atoms with Crippen LogP contribution in [-0.4, -0.2) is 11.6 Å². The van der Waals surface area contributed by atoms with Gasteiger partial charge in [-0.05, 0) is 0 Å². The van der Waals surface area contributed by atoms with E-state index in [4.69, 9.17) is 9.90 Å². The second-order valence-corrected chi connectivity index (χ2v) is 1.46. The Bertz CT molecular complexity index is 38.0. The maximum atomic E-state index is 8.36. The largest absolute Gasteiger partial charge is 0.483 e. The molecule has 3 heteroatoms. The van der Waals surface area contributed by atoms with Crippen LogP contribution in [0.2, 0.25) is 0 Å². The SMILES string of the molecule is CCCCC.O=CO.[Hf]. The maximum Gasteiger partial charge on any atom is 0.290 e. The molecule has 0 unspecified atom stereocenters. The summed E-state index contributed by atoms with van der Waals surface area (Å²) in [5, 5.41) is 6.89. The Labute approximate surface area is 75.4 Å². The van der Waals surface area contributed by atoms with E-state index >= 15 is 0 Å². The molecule has 2 nitrogen and oxygen atoms in total. The van der Waals surface area contributed by atoms with Crippen LogP contribution in [0.1, 0.15) is 33.1 Å². The van der Waals surface area contributed by atoms with Gasteiger partial charge in [-0.15, -0.1) is 0 Å². The molecule has 0 bridgehead atoms. The summed E-state index contributed by atoms with van der Waals surface area (Å²) in [6, 6.07) is 0. The monoisotopic (exact) mass is 298 g/mol. The quantitative estimate of drug-likeness (QED) is 0.624. The van der Waals surface area contributed by atoms with Crippen molar-refractivity contribution in [3.05, 3.63) is 0 Å². The smallest absolute Gasteiger partial charge is 0.290 e. The number of hydrogen-bond acceptors (Lipinski definition) is 1. The predicted molar refractivity (Wildman–Crippen MR) is 33.9 cm³/mol. The zero-order valence-electron chi connectivity index (χ0n) is 6.05. The van der Waals surface area contributed by atoms with Crippen LogP contribution >= 0.6 is 0 Å². The fourth-order valence-electron chi connectivity index (χ4n) is 0.354. The van der Waals surface area contributed by atoms with Gasteiger partial charge in [-0.1, -0.05) is 33.1 Å². The fraction of sp³-hybridized carbons (Fsp3) is 0.833. The molecule has 0 spiro atoms. The molecule has 54 valence electrons. The molecule has 0 aliphatic rings. The maximum absolute atomic E-state index is 8.36. The number of unbranched alkanes of at least 4 members (excludes halogenated alkanes) is 2. The summed E-state index contributed by atoms with van der Waals surface area (Å²) >= 11 is 0. The Hall–Kier alpha value is 0.340. The van der Waals surface area contributed by atoms with Crippen molar-refractivity contribution in [1.82, 2.24) is 0 Å². The van der Waals surface area contributed by atoms with Gasteiger partial charge < -0.3 is 5.11 Å². The van der Waals surface area contributed by atoms with Crippen LogP contribution in [0.25, 0.3) is 0 Å². The second kappa shape index (κ2) is 23.9. The summed E-state index contributed by atoms with van der Waals surface area (Å²) in [5.74, 6) is 0. The average Bonchev–Trinajstić information content (AvgIpc) is 1.71. The molecule has 9 heavy (non-hydrogen) atoms. The van der Waals surface area contributed by atoms with E-state index in [1.54, 1.807) is 0 Å². The van der Waals surface area contributed by atoms with Crippen molar-refractivity contribution >= 4 is 6.47 Å². The van der Waals surface area contributed by atoms with Crippen molar-refractivity contribution in [2.75, 3.05) is 0 Å². The molecule has 0 aromatic carbocycles. The molecule has 0 aliphatic heterocycles. The third-order valence-electron chi connectivity index (χ3n) is 0.707. The molecule has 0 amide bonds. The molecule has 0 aromatic rings. The van der Waals surface area contributed by atoms with Gasteiger partial charge in [0.15, 0.2) is 0 Å². The molecule has 0 rings (SSSR count). The Morgan fingerprint density at radius 1 is 1.33 bits per heavy atom. The number of hydrogen-bond donors (Lipinski definition) is 1. The Balaban J connectivity index is -0.0000000800. The summed E-state index contributed by atoms with van der Waals surface area (Å²) in [6.45, 7) is 4.17. The molecule has 0 saturated heterocycles. The summed E-state index contributed by atoms with van der Waals surface area (Å²) in [4.78, 5) is 8.36. The number of carboxylic acid groups (broad SMARTS) is 1. The fourth-order valence-corrected chi connectivity index (χ4v) is 0.354. The van der Waals surface area contributed by atoms with Gasteiger partial charge in [0.25, 0.3) is 6.47 Å². The summed E-state index contributed by atoms with van der Waals surface area (Å²) in [7, 11) is 0. The predicted octanol–water partition coefficient (Wildman–Crippen LogP) is 1.89. The van der Waals surface area contributed by atoms with Crippen molar-refractivity contribution in [2.24, 2.45) is 0 Å². The van der Waals surface area contributed by atoms with Crippen LogP contribution < -0.4 is 0 Å². The third-order valence-corrected chi connectivity index (χ3v) is 0.707. The van der Waals surface area contributed by atoms with Crippen LogP contribution in [0.15, 0.2) is 0 Å². The Kier molecular flexibility index (Phi) is 42.8. The molecule has 1 N–H and O–H groups in total. The molecule has 0 atom stereocenters. The van der Waals surface area contributed by atoms with E-state index in [1.165, 1.54) is 19.3 Å². The van der Waals surface area contributed by atoms with Gasteiger partial charge in [-0.2, -0.15) is 0 Å². The first-order valence-electron chi connectivity index (χ1n) is 2.91. The van der Waals surface area contributed by atoms with E-state index in [9.17, 15) is 0 Å². The van der Waals surface area contributed by atoms with Crippen LogP contribution in [-0.2, 0) is 30.6 Å². The van der Waals surface area contributed by atoms with E-state index in [-0.39, 0.29) is 32.3 Å². The minimum Gasteiger partial charge on any atom is -0.483 e. The molecule has 0 saturated carbocycles. The van der Waals surface area contributed by atoms with Gasteiger partial charge in [-0.3, -0.25) is 4.79 Å². The van der Waals surface area contributed by atoms with E-state index in [2.05, 4.69) is 13.8 Å². The van der Waals surface area contributed by atoms with Gasteiger partial charge in [0, 0.05) is 25.8 Å². The van der Waals surface area contributed by atoms with Crippen molar-refractivity contribution in [3.8, 4) is 0 Å². The normalized spacial score (nSPS) is 6.00. The first kappa shape index (κ1) is 16.2. The molecular formula is C6H14HfO2. The summed E-state index contributed by atoms with van der Waals surface area (Å²) in [6.07, 6.45) is 4.08. The van der Waals surface area contributed by atoms with Gasteiger partial charge in [0.2, 0.25) is 0 Å². The van der Waals surface area contributed by atoms with Crippen molar-refractivity contribution in [3.63, 3.8) is 0 Å². The zero-order valence-corrected chi connectivity index (χ0v) is 9.65. The number of carbonyl (C=O) groups is 1. The van der Waals surface area contributed by atoms with Gasteiger partial charge in [-0.25, -0.2) is 0 Å². The minimum absolute atomic E-state index is 0. The van der Waals surface area contributed by atoms with Crippen LogP contribution in [0.4, 0.5) is 0 Å². The number of rotatable bonds is 2. The van der Waals surface area contributed by atoms with Gasteiger partial charge in [0.1, 0.15) is 0 Å². The summed E-state index contributed by atoms with van der Waals surface area (Å²) < 4.78 is 0. The summed E-state index contributed by atoms with van der Waals surface area (Å²) in [5.41, 5.74) is 0. The van der Waals surface area contributed by atoms with Gasteiger partial charge >= 0.3 is 0 Å². The minimum atomic E-state index is -0.250. The molecule has 0 aliphatic carbocycles.